The number of allylic oxidation sites excluding steroid dienone is 1. The number of methoxy groups -OCH3 is 1. The largest absolute Gasteiger partial charge is 0.469 e. The molecule has 18 heteroatoms. The zero-order valence-electron chi connectivity index (χ0n) is 33.3. The molecule has 3 aliphatic rings. The van der Waals surface area contributed by atoms with Crippen LogP contribution in [-0.2, 0) is 47.5 Å². The smallest absolute Gasteiger partial charge is 0.333 e. The van der Waals surface area contributed by atoms with Crippen molar-refractivity contribution in [3.05, 3.63) is 11.6 Å². The molecular formula is C38H66O18. The Hall–Kier alpha value is -1.88. The van der Waals surface area contributed by atoms with Gasteiger partial charge in [0.15, 0.2) is 25.0 Å². The summed E-state index contributed by atoms with van der Waals surface area (Å²) < 4.78 is 46.0. The van der Waals surface area contributed by atoms with E-state index in [0.717, 1.165) is 38.5 Å². The number of aliphatic hydroxyl groups excluding tert-OH is 8. The molecule has 0 saturated carbocycles. The van der Waals surface area contributed by atoms with Crippen LogP contribution in [0.3, 0.4) is 0 Å². The van der Waals surface area contributed by atoms with Gasteiger partial charge in [-0.2, -0.15) is 0 Å². The Morgan fingerprint density at radius 2 is 1.29 bits per heavy atom. The number of hydrogen-bond acceptors (Lipinski definition) is 18. The van der Waals surface area contributed by atoms with E-state index in [1.165, 1.54) is 27.0 Å². The molecule has 3 aliphatic heterocycles. The van der Waals surface area contributed by atoms with Gasteiger partial charge in [0.1, 0.15) is 54.9 Å². The third kappa shape index (κ3) is 13.3. The predicted molar refractivity (Wildman–Crippen MR) is 194 cm³/mol. The lowest BCUT2D eigenvalue weighted by Crippen LogP contribution is -2.66. The lowest BCUT2D eigenvalue weighted by molar-refractivity contribution is -0.393. The molecule has 3 saturated heterocycles. The molecule has 0 amide bonds. The Morgan fingerprint density at radius 3 is 1.91 bits per heavy atom. The second-order valence-electron chi connectivity index (χ2n) is 15.0. The molecule has 0 spiro atoms. The Bertz CT molecular complexity index is 1210. The van der Waals surface area contributed by atoms with Crippen LogP contribution in [0.25, 0.3) is 0 Å². The average molecular weight is 811 g/mol. The number of esters is 2. The van der Waals surface area contributed by atoms with Gasteiger partial charge in [-0.15, -0.1) is 0 Å². The fraction of sp³-hybridized carbons (Fsp3) is 0.895. The molecule has 56 heavy (non-hydrogen) atoms. The highest BCUT2D eigenvalue weighted by Gasteiger charge is 2.54. The molecule has 3 rings (SSSR count). The van der Waals surface area contributed by atoms with E-state index in [1.54, 1.807) is 13.8 Å². The number of carbonyl (C=O) groups excluding carboxylic acids is 2. The van der Waals surface area contributed by atoms with Crippen LogP contribution in [0.2, 0.25) is 0 Å². The normalized spacial score (nSPS) is 37.8. The molecule has 0 unspecified atom stereocenters. The first-order chi connectivity index (χ1) is 26.6. The molecule has 326 valence electrons. The van der Waals surface area contributed by atoms with Crippen molar-refractivity contribution in [3.63, 3.8) is 0 Å². The number of unbranched alkanes of at least 4 members (excludes halogenated alkanes) is 4. The van der Waals surface area contributed by atoms with Crippen LogP contribution in [-0.4, -0.2) is 171 Å². The van der Waals surface area contributed by atoms with Crippen molar-refractivity contribution in [2.24, 2.45) is 0 Å². The lowest BCUT2D eigenvalue weighted by atomic mass is 9.96. The van der Waals surface area contributed by atoms with Crippen molar-refractivity contribution in [2.75, 3.05) is 13.7 Å². The molecule has 18 nitrogen and oxygen atoms in total. The van der Waals surface area contributed by atoms with Gasteiger partial charge >= 0.3 is 11.9 Å². The fourth-order valence-corrected chi connectivity index (χ4v) is 6.94. The van der Waals surface area contributed by atoms with Crippen molar-refractivity contribution in [2.45, 2.75) is 203 Å². The molecule has 8 N–H and O–H groups in total. The van der Waals surface area contributed by atoms with Crippen LogP contribution in [0, 0.1) is 0 Å². The average Bonchev–Trinajstić information content (AvgIpc) is 3.17. The van der Waals surface area contributed by atoms with Gasteiger partial charge in [-0.25, -0.2) is 4.79 Å². The molecule has 17 atom stereocenters. The maximum absolute atomic E-state index is 12.4. The third-order valence-corrected chi connectivity index (χ3v) is 10.6. The minimum atomic E-state index is -1.83. The van der Waals surface area contributed by atoms with Gasteiger partial charge in [0.05, 0.1) is 44.6 Å². The molecular weight excluding hydrogens is 744 g/mol. The summed E-state index contributed by atoms with van der Waals surface area (Å²) in [6, 6.07) is 0. The molecule has 0 aromatic rings. The van der Waals surface area contributed by atoms with Gasteiger partial charge in [0, 0.05) is 5.57 Å². The first-order valence-corrected chi connectivity index (χ1v) is 19.8. The summed E-state index contributed by atoms with van der Waals surface area (Å²) in [5.74, 6) is -1.18. The van der Waals surface area contributed by atoms with E-state index in [1.807, 2.05) is 6.92 Å². The van der Waals surface area contributed by atoms with Crippen molar-refractivity contribution < 1.29 is 88.3 Å². The second-order valence-corrected chi connectivity index (χ2v) is 15.0. The number of ether oxygens (including phenoxy) is 8. The number of carbonyl (C=O) groups is 2. The maximum atomic E-state index is 12.4. The first kappa shape index (κ1) is 48.5. The zero-order valence-corrected chi connectivity index (χ0v) is 33.3. The van der Waals surface area contributed by atoms with Gasteiger partial charge in [0.25, 0.3) is 0 Å². The van der Waals surface area contributed by atoms with E-state index in [-0.39, 0.29) is 18.1 Å². The highest BCUT2D eigenvalue weighted by molar-refractivity contribution is 5.87. The summed E-state index contributed by atoms with van der Waals surface area (Å²) in [5.41, 5.74) is 0.267. The Labute approximate surface area is 328 Å². The second kappa shape index (κ2) is 23.6. The molecule has 0 aliphatic carbocycles. The molecule has 3 heterocycles. The summed E-state index contributed by atoms with van der Waals surface area (Å²) in [6.45, 7) is 7.42. The van der Waals surface area contributed by atoms with E-state index in [9.17, 15) is 50.4 Å². The fourth-order valence-electron chi connectivity index (χ4n) is 6.94. The van der Waals surface area contributed by atoms with Gasteiger partial charge in [0.2, 0.25) is 0 Å². The monoisotopic (exact) mass is 810 g/mol. The van der Waals surface area contributed by atoms with Crippen LogP contribution >= 0.6 is 0 Å². The summed E-state index contributed by atoms with van der Waals surface area (Å²) >= 11 is 0. The van der Waals surface area contributed by atoms with Crippen molar-refractivity contribution >= 4 is 11.9 Å². The molecule has 0 bridgehead atoms. The lowest BCUT2D eigenvalue weighted by Gasteiger charge is -2.48. The molecule has 0 radical (unpaired) electrons. The van der Waals surface area contributed by atoms with E-state index >= 15 is 0 Å². The van der Waals surface area contributed by atoms with Gasteiger partial charge < -0.3 is 78.7 Å². The maximum Gasteiger partial charge on any atom is 0.333 e. The standard InChI is InChI=1S/C38H66O18/c1-7-14-23(16-13-11-9-10-12-15-22(40)17-25(41)49-6)52-37-33(28(44)26(42)20(4)50-37)56-38-34(29(45)27(43)24(18-39)53-38)55-36-31(47)30(46)32(21(5)51-36)54-35(48)19(3)8-2/h8,20-24,26-34,36-40,42-47H,7,9-18H2,1-6H3/t20-,21+,22+,23+,24-,26-,27-,28+,29+,30+,31+,32+,33-,34-,36+,37+,38+/m1/s1. The summed E-state index contributed by atoms with van der Waals surface area (Å²) in [6.07, 6.45) is -15.3. The van der Waals surface area contributed by atoms with Crippen LogP contribution < -0.4 is 0 Å². The Morgan fingerprint density at radius 1 is 0.714 bits per heavy atom. The number of hydrogen-bond donors (Lipinski definition) is 8. The van der Waals surface area contributed by atoms with Crippen molar-refractivity contribution in [3.8, 4) is 0 Å². The van der Waals surface area contributed by atoms with Crippen LogP contribution in [0.4, 0.5) is 0 Å². The van der Waals surface area contributed by atoms with Gasteiger partial charge in [-0.1, -0.05) is 51.5 Å². The van der Waals surface area contributed by atoms with Crippen molar-refractivity contribution in [1.82, 2.24) is 0 Å². The predicted octanol–water partition coefficient (Wildman–Crippen LogP) is -0.153. The summed E-state index contributed by atoms with van der Waals surface area (Å²) in [7, 11) is 1.28. The van der Waals surface area contributed by atoms with Crippen LogP contribution in [0.15, 0.2) is 11.6 Å². The van der Waals surface area contributed by atoms with Crippen molar-refractivity contribution in [1.29, 1.82) is 0 Å². The molecule has 3 fully saturated rings. The topological polar surface area (TPSA) is 270 Å². The first-order valence-electron chi connectivity index (χ1n) is 19.8. The Kier molecular flexibility index (Phi) is 20.5. The molecule has 0 aromatic carbocycles. The number of rotatable bonds is 21. The number of aliphatic hydroxyl groups is 8. The summed E-state index contributed by atoms with van der Waals surface area (Å²) in [5, 5.41) is 85.9. The quantitative estimate of drug-likeness (QED) is 0.0425. The van der Waals surface area contributed by atoms with Gasteiger partial charge in [-0.3, -0.25) is 4.79 Å². The Balaban J connectivity index is 1.71. The highest BCUT2D eigenvalue weighted by Crippen LogP contribution is 2.34. The minimum absolute atomic E-state index is 0.0327. The van der Waals surface area contributed by atoms with E-state index in [4.69, 9.17) is 33.2 Å². The van der Waals surface area contributed by atoms with E-state index < -0.39 is 117 Å². The highest BCUT2D eigenvalue weighted by atomic mass is 16.8. The molecule has 0 aromatic heterocycles. The summed E-state index contributed by atoms with van der Waals surface area (Å²) in [4.78, 5) is 23.7. The van der Waals surface area contributed by atoms with E-state index in [0.29, 0.717) is 19.3 Å². The minimum Gasteiger partial charge on any atom is -0.469 e. The van der Waals surface area contributed by atoms with E-state index in [2.05, 4.69) is 4.74 Å². The van der Waals surface area contributed by atoms with Gasteiger partial charge in [-0.05, 0) is 47.0 Å². The third-order valence-electron chi connectivity index (χ3n) is 10.6. The van der Waals surface area contributed by atoms with Crippen LogP contribution in [0.5, 0.6) is 0 Å². The van der Waals surface area contributed by atoms with Crippen LogP contribution in [0.1, 0.15) is 98.8 Å². The zero-order chi connectivity index (χ0) is 41.7. The SMILES string of the molecule is CC=C(C)C(=O)O[C@@H]1[C@@H](O)[C@H](O)[C@H](O[C@H]2[C@H](O[C@H]3[C@H](O[C@@H](CCC)CCCCCCC[C@H](O)CC(=O)OC)O[C@H](C)[C@@H](O)[C@@H]3O)O[C@H](CO)[C@@H](O)[C@@H]2O)O[C@H]1C.